The Morgan fingerprint density at radius 1 is 1.44 bits per heavy atom. The molecule has 0 saturated carbocycles. The lowest BCUT2D eigenvalue weighted by atomic mass is 10.1. The lowest BCUT2D eigenvalue weighted by Crippen LogP contribution is -2.44. The number of carbonyl (C=O) groups excluding carboxylic acids is 1. The van der Waals surface area contributed by atoms with Crippen LogP contribution in [-0.4, -0.2) is 51.6 Å². The van der Waals surface area contributed by atoms with Gasteiger partial charge in [-0.2, -0.15) is 0 Å². The summed E-state index contributed by atoms with van der Waals surface area (Å²) in [6.07, 6.45) is 4.65. The Morgan fingerprint density at radius 3 is 2.92 bits per heavy atom. The summed E-state index contributed by atoms with van der Waals surface area (Å²) in [5, 5.41) is 3.32. The van der Waals surface area contributed by atoms with Crippen LogP contribution in [0.25, 0.3) is 0 Å². The van der Waals surface area contributed by atoms with E-state index in [1.807, 2.05) is 0 Å². The zero-order chi connectivity index (χ0) is 17.8. The molecule has 7 nitrogen and oxygen atoms in total. The highest BCUT2D eigenvalue weighted by Crippen LogP contribution is 2.29. The van der Waals surface area contributed by atoms with E-state index < -0.39 is 5.82 Å². The van der Waals surface area contributed by atoms with Gasteiger partial charge in [0.05, 0.1) is 25.1 Å². The third-order valence-electron chi connectivity index (χ3n) is 4.02. The molecule has 25 heavy (non-hydrogen) atoms. The Kier molecular flexibility index (Phi) is 5.67. The van der Waals surface area contributed by atoms with Gasteiger partial charge in [-0.15, -0.1) is 11.3 Å². The van der Waals surface area contributed by atoms with E-state index in [2.05, 4.69) is 32.1 Å². The summed E-state index contributed by atoms with van der Waals surface area (Å²) in [5.41, 5.74) is 0. The van der Waals surface area contributed by atoms with Crippen molar-refractivity contribution in [3.63, 3.8) is 0 Å². The average Bonchev–Trinajstić information content (AvgIpc) is 3.04. The highest BCUT2D eigenvalue weighted by Gasteiger charge is 2.27. The van der Waals surface area contributed by atoms with Gasteiger partial charge >= 0.3 is 0 Å². The molecular formula is C16H20FN5O2S. The number of halogens is 1. The largest absolute Gasteiger partial charge is 0.375 e. The van der Waals surface area contributed by atoms with Crippen molar-refractivity contribution in [1.29, 1.82) is 0 Å². The molecule has 2 aromatic heterocycles. The summed E-state index contributed by atoms with van der Waals surface area (Å²) < 4.78 is 18.7. The van der Waals surface area contributed by atoms with Crippen molar-refractivity contribution in [3.05, 3.63) is 35.1 Å². The molecule has 1 saturated heterocycles. The maximum atomic E-state index is 12.9. The van der Waals surface area contributed by atoms with E-state index in [-0.39, 0.29) is 18.1 Å². The number of aromatic nitrogens is 3. The smallest absolute Gasteiger partial charge is 0.223 e. The van der Waals surface area contributed by atoms with Crippen LogP contribution in [0.3, 0.4) is 0 Å². The Labute approximate surface area is 149 Å². The number of thiazole rings is 1. The third kappa shape index (κ3) is 4.77. The fraction of sp³-hybridized carbons (Fsp3) is 0.500. The molecule has 1 fully saturated rings. The molecular weight excluding hydrogens is 345 g/mol. The second kappa shape index (κ2) is 7.94. The number of carbonyl (C=O) groups is 1. The van der Waals surface area contributed by atoms with Gasteiger partial charge in [0.2, 0.25) is 5.91 Å². The fourth-order valence-corrected chi connectivity index (χ4v) is 3.68. The fourth-order valence-electron chi connectivity index (χ4n) is 2.73. The van der Waals surface area contributed by atoms with Crippen molar-refractivity contribution < 1.29 is 13.9 Å². The Morgan fingerprint density at radius 2 is 2.20 bits per heavy atom. The highest BCUT2D eigenvalue weighted by atomic mass is 32.1. The van der Waals surface area contributed by atoms with Gasteiger partial charge in [-0.05, 0) is 6.92 Å². The summed E-state index contributed by atoms with van der Waals surface area (Å²) >= 11 is 1.48. The minimum atomic E-state index is -0.441. The molecule has 3 rings (SSSR count). The monoisotopic (exact) mass is 365 g/mol. The van der Waals surface area contributed by atoms with Gasteiger partial charge in [0.1, 0.15) is 5.82 Å². The van der Waals surface area contributed by atoms with Gasteiger partial charge in [0.15, 0.2) is 10.9 Å². The zero-order valence-electron chi connectivity index (χ0n) is 14.1. The van der Waals surface area contributed by atoms with Crippen LogP contribution in [0.1, 0.15) is 30.6 Å². The first kappa shape index (κ1) is 17.8. The molecule has 134 valence electrons. The minimum absolute atomic E-state index is 0.0376. The van der Waals surface area contributed by atoms with Crippen molar-refractivity contribution in [2.75, 3.05) is 25.0 Å². The van der Waals surface area contributed by atoms with Gasteiger partial charge in [0, 0.05) is 43.5 Å². The van der Waals surface area contributed by atoms with Gasteiger partial charge in [-0.1, -0.05) is 0 Å². The average molecular weight is 365 g/mol. The quantitative estimate of drug-likeness (QED) is 0.873. The molecule has 0 spiro atoms. The predicted octanol–water partition coefficient (Wildman–Crippen LogP) is 2.04. The molecule has 3 heterocycles. The molecule has 0 aromatic carbocycles. The lowest BCUT2D eigenvalue weighted by molar-refractivity contribution is -0.114. The number of anilines is 1. The summed E-state index contributed by atoms with van der Waals surface area (Å²) in [4.78, 5) is 26.8. The van der Waals surface area contributed by atoms with Crippen LogP contribution in [0.5, 0.6) is 0 Å². The van der Waals surface area contributed by atoms with E-state index >= 15 is 0 Å². The van der Waals surface area contributed by atoms with Gasteiger partial charge in [0.25, 0.3) is 0 Å². The van der Waals surface area contributed by atoms with Crippen molar-refractivity contribution >= 4 is 22.4 Å². The van der Waals surface area contributed by atoms with E-state index in [0.29, 0.717) is 24.0 Å². The maximum Gasteiger partial charge on any atom is 0.223 e. The van der Waals surface area contributed by atoms with Crippen molar-refractivity contribution in [3.8, 4) is 0 Å². The van der Waals surface area contributed by atoms with Gasteiger partial charge in [-0.25, -0.2) is 19.3 Å². The van der Waals surface area contributed by atoms with Crippen LogP contribution in [0.15, 0.2) is 18.6 Å². The van der Waals surface area contributed by atoms with E-state index in [1.54, 1.807) is 6.20 Å². The van der Waals surface area contributed by atoms with Crippen LogP contribution in [0.4, 0.5) is 9.52 Å². The maximum absolute atomic E-state index is 12.9. The number of morpholine rings is 1. The minimum Gasteiger partial charge on any atom is -0.375 e. The number of nitrogens with zero attached hydrogens (tertiary/aromatic N) is 4. The third-order valence-corrected chi connectivity index (χ3v) is 5.10. The van der Waals surface area contributed by atoms with E-state index in [4.69, 9.17) is 4.74 Å². The number of amides is 1. The summed E-state index contributed by atoms with van der Waals surface area (Å²) in [7, 11) is 0. The molecule has 9 heteroatoms. The summed E-state index contributed by atoms with van der Waals surface area (Å²) in [5.74, 6) is 0.00894. The molecule has 1 N–H and O–H groups in total. The molecule has 1 aliphatic heterocycles. The normalized spacial score (nSPS) is 19.6. The lowest BCUT2D eigenvalue weighted by Gasteiger charge is -2.36. The Hall–Kier alpha value is -1.97. The van der Waals surface area contributed by atoms with Crippen molar-refractivity contribution in [1.82, 2.24) is 19.9 Å². The summed E-state index contributed by atoms with van der Waals surface area (Å²) in [6, 6.07) is 0.167. The number of rotatable bonds is 5. The first-order valence-corrected chi connectivity index (χ1v) is 8.88. The molecule has 0 bridgehead atoms. The molecule has 1 amide bonds. The molecule has 2 atom stereocenters. The van der Waals surface area contributed by atoms with Crippen LogP contribution < -0.4 is 5.32 Å². The molecule has 0 radical (unpaired) electrons. The second-order valence-electron chi connectivity index (χ2n) is 5.93. The molecule has 2 aromatic rings. The van der Waals surface area contributed by atoms with Crippen LogP contribution in [-0.2, 0) is 16.0 Å². The highest BCUT2D eigenvalue weighted by molar-refractivity contribution is 7.15. The van der Waals surface area contributed by atoms with Gasteiger partial charge < -0.3 is 10.1 Å². The van der Waals surface area contributed by atoms with Crippen LogP contribution >= 0.6 is 11.3 Å². The van der Waals surface area contributed by atoms with Crippen LogP contribution in [0.2, 0.25) is 0 Å². The topological polar surface area (TPSA) is 80.2 Å². The zero-order valence-corrected chi connectivity index (χ0v) is 14.9. The van der Waals surface area contributed by atoms with E-state index in [9.17, 15) is 9.18 Å². The Bertz CT molecular complexity index is 724. The Balaban J connectivity index is 1.61. The first-order chi connectivity index (χ1) is 12.0. The van der Waals surface area contributed by atoms with Crippen molar-refractivity contribution in [2.45, 2.75) is 32.4 Å². The molecule has 1 unspecified atom stereocenters. The predicted molar refractivity (Wildman–Crippen MR) is 91.8 cm³/mol. The molecule has 1 aliphatic rings. The molecule has 0 aliphatic carbocycles. The second-order valence-corrected chi connectivity index (χ2v) is 7.00. The van der Waals surface area contributed by atoms with E-state index in [0.717, 1.165) is 18.0 Å². The van der Waals surface area contributed by atoms with Crippen molar-refractivity contribution in [2.24, 2.45) is 0 Å². The van der Waals surface area contributed by atoms with E-state index in [1.165, 1.54) is 30.7 Å². The summed E-state index contributed by atoms with van der Waals surface area (Å²) in [6.45, 7) is 5.74. The van der Waals surface area contributed by atoms with Crippen LogP contribution in [0, 0.1) is 5.82 Å². The SMILES string of the molecule is CC(=O)Nc1ncc([C@H](C)N2CCOC(Cc3ncc(F)cn3)C2)s1. The number of hydrogen-bond donors (Lipinski definition) is 1. The van der Waals surface area contributed by atoms with Gasteiger partial charge in [-0.3, -0.25) is 9.69 Å². The number of nitrogens with one attached hydrogen (secondary N) is 1. The standard InChI is InChI=1S/C16H20FN5O2S/c1-10(14-8-20-16(25-14)21-11(2)23)22-3-4-24-13(9-22)5-15-18-6-12(17)7-19-15/h6-8,10,13H,3-5,9H2,1-2H3,(H,20,21,23)/t10-,13?/m0/s1. The number of hydrogen-bond acceptors (Lipinski definition) is 7. The number of ether oxygens (including phenoxy) is 1. The first-order valence-electron chi connectivity index (χ1n) is 8.06.